The van der Waals surface area contributed by atoms with Gasteiger partial charge in [0.25, 0.3) is 0 Å². The molecule has 0 aliphatic heterocycles. The molecule has 0 aromatic heterocycles. The minimum atomic E-state index is -5.64. The van der Waals surface area contributed by atoms with E-state index in [0.717, 1.165) is 12.1 Å². The zero-order valence-electron chi connectivity index (χ0n) is 17.8. The van der Waals surface area contributed by atoms with Crippen molar-refractivity contribution in [2.24, 2.45) is 0 Å². The molecule has 35 heavy (non-hydrogen) atoms. The summed E-state index contributed by atoms with van der Waals surface area (Å²) >= 11 is 1.34. The number of halogens is 1. The van der Waals surface area contributed by atoms with Gasteiger partial charge in [-0.2, -0.15) is 0 Å². The molecule has 0 saturated heterocycles. The van der Waals surface area contributed by atoms with Crippen molar-refractivity contribution < 1.29 is 35.0 Å². The number of carboxylic acids is 1. The third-order valence-corrected chi connectivity index (χ3v) is 10.1. The van der Waals surface area contributed by atoms with Crippen molar-refractivity contribution in [3.63, 3.8) is 0 Å². The predicted octanol–water partition coefficient (Wildman–Crippen LogP) is 2.42. The van der Waals surface area contributed by atoms with Crippen molar-refractivity contribution in [2.75, 3.05) is 16.8 Å². The van der Waals surface area contributed by atoms with Gasteiger partial charge in [0.1, 0.15) is 0 Å². The van der Waals surface area contributed by atoms with Gasteiger partial charge in [0.2, 0.25) is 0 Å². The normalized spacial score (nSPS) is 11.7. The second-order valence-corrected chi connectivity index (χ2v) is 14.1. The van der Waals surface area contributed by atoms with Crippen LogP contribution in [0.4, 0.5) is 5.69 Å². The molecular weight excluding hydrogens is 581 g/mol. The Labute approximate surface area is 213 Å². The zero-order chi connectivity index (χ0) is 25.8. The van der Waals surface area contributed by atoms with Crippen molar-refractivity contribution >= 4 is 69.3 Å². The Morgan fingerprint density at radius 3 is 2.26 bits per heavy atom. The number of hydrogen-bond acceptors (Lipinski definition) is 6. The summed E-state index contributed by atoms with van der Waals surface area (Å²) < 4.78 is 55.2. The van der Waals surface area contributed by atoms with Crippen LogP contribution in [0.2, 0.25) is 5.02 Å². The fraction of sp³-hybridized carbons (Fsp3) is 0.0909. The first-order valence-electron chi connectivity index (χ1n) is 9.84. The maximum atomic E-state index is 12.9. The Morgan fingerprint density at radius 1 is 0.971 bits per heavy atom. The van der Waals surface area contributed by atoms with Crippen LogP contribution in [0.25, 0.3) is 0 Å². The van der Waals surface area contributed by atoms with Gasteiger partial charge in [-0.25, -0.2) is 0 Å². The predicted molar refractivity (Wildman–Crippen MR) is 133 cm³/mol. The third-order valence-electron chi connectivity index (χ3n) is 4.73. The molecule has 13 heteroatoms. The number of thioether (sulfide) groups is 1. The molecular formula is C22H19AsClNO8S2. The Balaban J connectivity index is 1.79. The number of nitrogens with one attached hydrogen (secondary N) is 1. The summed E-state index contributed by atoms with van der Waals surface area (Å²) in [4.78, 5) is 25.2. The Bertz CT molecular complexity index is 1420. The fourth-order valence-corrected chi connectivity index (χ4v) is 7.55. The molecule has 3 rings (SSSR count). The van der Waals surface area contributed by atoms with Gasteiger partial charge in [-0.15, -0.1) is 0 Å². The van der Waals surface area contributed by atoms with Gasteiger partial charge in [-0.05, 0) is 24.3 Å². The molecule has 9 nitrogen and oxygen atoms in total. The molecule has 4 N–H and O–H groups in total. The number of sulfone groups is 1. The number of carbonyl (C=O) groups excluding carboxylic acids is 1. The molecule has 0 aliphatic carbocycles. The molecule has 3 aromatic rings. The monoisotopic (exact) mass is 599 g/mol. The van der Waals surface area contributed by atoms with E-state index in [0.29, 0.717) is 9.92 Å². The van der Waals surface area contributed by atoms with Crippen molar-refractivity contribution in [2.45, 2.75) is 9.79 Å². The second-order valence-electron chi connectivity index (χ2n) is 7.12. The summed E-state index contributed by atoms with van der Waals surface area (Å²) in [6.07, 6.45) is 0. The number of carboxylic acid groups (broad SMARTS) is 1. The van der Waals surface area contributed by atoms with Crippen molar-refractivity contribution in [3.05, 3.63) is 82.9 Å². The molecule has 0 bridgehead atoms. The number of carbonyl (C=O) groups is 2. The molecule has 0 saturated carbocycles. The van der Waals surface area contributed by atoms with Crippen LogP contribution in [0.5, 0.6) is 0 Å². The number of rotatable bonds is 9. The molecule has 3 aromatic carbocycles. The van der Waals surface area contributed by atoms with Crippen LogP contribution in [0.1, 0.15) is 20.7 Å². The number of benzene rings is 3. The molecule has 0 aliphatic rings. The summed E-state index contributed by atoms with van der Waals surface area (Å²) in [6, 6.07) is 15.6. The summed E-state index contributed by atoms with van der Waals surface area (Å²) in [5.41, 5.74) is -0.892. The standard InChI is InChI=1S/C22H19AsClNO8S2/c24-14-8-10-15(11-9-14)35(32,33)13-12-34-19-7-2-1-6-18(19)25-21(26)16-4-3-5-17(23(29,30)31)20(16)22(27)28/h1-11H,12-13H2,(H,25,26)(H,27,28)(H2,29,30,31). The molecule has 1 amide bonds. The molecule has 0 unspecified atom stereocenters. The summed E-state index contributed by atoms with van der Waals surface area (Å²) in [5, 5.41) is 12.5. The average Bonchev–Trinajstić information content (AvgIpc) is 2.79. The first kappa shape index (κ1) is 27.1. The van der Waals surface area contributed by atoms with E-state index in [1.165, 1.54) is 42.1 Å². The molecule has 0 atom stereocenters. The summed E-state index contributed by atoms with van der Waals surface area (Å²) in [6.45, 7) is 0. The molecule has 0 radical (unpaired) electrons. The van der Waals surface area contributed by atoms with Crippen LogP contribution in [0.15, 0.2) is 76.5 Å². The van der Waals surface area contributed by atoms with E-state index < -0.39 is 51.4 Å². The van der Waals surface area contributed by atoms with E-state index in [2.05, 4.69) is 5.32 Å². The SMILES string of the molecule is O=C(Nc1ccccc1SCCS(=O)(=O)c1ccc(Cl)cc1)c1cccc([As](=O)(O)O)c1C(=O)O. The molecule has 0 spiro atoms. The van der Waals surface area contributed by atoms with Crippen LogP contribution < -0.4 is 9.67 Å². The summed E-state index contributed by atoms with van der Waals surface area (Å²) in [5.74, 6) is -2.55. The van der Waals surface area contributed by atoms with E-state index >= 15 is 0 Å². The van der Waals surface area contributed by atoms with E-state index in [4.69, 9.17) is 11.6 Å². The first-order chi connectivity index (χ1) is 16.4. The third kappa shape index (κ3) is 6.78. The Morgan fingerprint density at radius 2 is 1.63 bits per heavy atom. The molecule has 0 heterocycles. The molecule has 184 valence electrons. The van der Waals surface area contributed by atoms with Crippen LogP contribution >= 0.6 is 23.4 Å². The van der Waals surface area contributed by atoms with Crippen molar-refractivity contribution in [3.8, 4) is 0 Å². The number of anilines is 1. The summed E-state index contributed by atoms with van der Waals surface area (Å²) in [7, 11) is -3.56. The maximum absolute atomic E-state index is 12.9. The minimum absolute atomic E-state index is 0.136. The van der Waals surface area contributed by atoms with Crippen molar-refractivity contribution in [1.29, 1.82) is 0 Å². The number of para-hydroxylation sites is 1. The van der Waals surface area contributed by atoms with Crippen LogP contribution in [0, 0.1) is 0 Å². The zero-order valence-corrected chi connectivity index (χ0v) is 22.1. The quantitative estimate of drug-likeness (QED) is 0.214. The first-order valence-corrected chi connectivity index (χ1v) is 16.2. The van der Waals surface area contributed by atoms with Crippen molar-refractivity contribution in [1.82, 2.24) is 0 Å². The van der Waals surface area contributed by atoms with Crippen LogP contribution in [0.3, 0.4) is 0 Å². The van der Waals surface area contributed by atoms with E-state index in [1.54, 1.807) is 24.3 Å². The van der Waals surface area contributed by atoms with Gasteiger partial charge in [-0.3, -0.25) is 0 Å². The van der Waals surface area contributed by atoms with Gasteiger partial charge in [0.05, 0.1) is 0 Å². The van der Waals surface area contributed by atoms with E-state index in [9.17, 15) is 35.0 Å². The van der Waals surface area contributed by atoms with Gasteiger partial charge in [0.15, 0.2) is 0 Å². The Hall–Kier alpha value is -2.53. The van der Waals surface area contributed by atoms with E-state index in [-0.39, 0.29) is 22.1 Å². The topological polar surface area (TPSA) is 158 Å². The van der Waals surface area contributed by atoms with Gasteiger partial charge >= 0.3 is 173 Å². The van der Waals surface area contributed by atoms with Crippen LogP contribution in [-0.4, -0.2) is 59.3 Å². The number of amides is 1. The average molecular weight is 600 g/mol. The van der Waals surface area contributed by atoms with Crippen LogP contribution in [-0.2, 0) is 13.6 Å². The second kappa shape index (κ2) is 11.0. The molecule has 0 fully saturated rings. The fourth-order valence-electron chi connectivity index (χ4n) is 3.10. The van der Waals surface area contributed by atoms with Gasteiger partial charge in [-0.1, -0.05) is 11.6 Å². The Kier molecular flexibility index (Phi) is 8.53. The van der Waals surface area contributed by atoms with Gasteiger partial charge in [0, 0.05) is 5.02 Å². The van der Waals surface area contributed by atoms with Gasteiger partial charge < -0.3 is 0 Å². The van der Waals surface area contributed by atoms with E-state index in [1.807, 2.05) is 0 Å². The number of hydrogen-bond donors (Lipinski definition) is 4. The number of aromatic carboxylic acids is 1.